The first kappa shape index (κ1) is 13.6. The molecule has 5 heteroatoms. The summed E-state index contributed by atoms with van der Waals surface area (Å²) >= 11 is 0. The van der Waals surface area contributed by atoms with Gasteiger partial charge in [0.2, 0.25) is 5.91 Å². The molecule has 2 fully saturated rings. The second kappa shape index (κ2) is 5.58. The van der Waals surface area contributed by atoms with Gasteiger partial charge in [-0.1, -0.05) is 0 Å². The quantitative estimate of drug-likeness (QED) is 0.882. The van der Waals surface area contributed by atoms with Gasteiger partial charge in [-0.25, -0.2) is 0 Å². The molecule has 0 spiro atoms. The van der Waals surface area contributed by atoms with E-state index in [2.05, 4.69) is 5.32 Å². The Morgan fingerprint density at radius 3 is 2.80 bits per heavy atom. The highest BCUT2D eigenvalue weighted by molar-refractivity contribution is 5.80. The van der Waals surface area contributed by atoms with Crippen molar-refractivity contribution in [1.82, 2.24) is 10.2 Å². The Kier molecular flexibility index (Phi) is 3.81. The van der Waals surface area contributed by atoms with E-state index >= 15 is 0 Å². The second-order valence-electron chi connectivity index (χ2n) is 5.75. The van der Waals surface area contributed by atoms with Crippen LogP contribution < -0.4 is 5.32 Å². The highest BCUT2D eigenvalue weighted by atomic mass is 16.5. The van der Waals surface area contributed by atoms with E-state index in [9.17, 15) is 4.79 Å². The molecule has 2 unspecified atom stereocenters. The zero-order chi connectivity index (χ0) is 14.1. The summed E-state index contributed by atoms with van der Waals surface area (Å²) in [6, 6.07) is 4.41. The van der Waals surface area contributed by atoms with Crippen LogP contribution in [0.25, 0.3) is 0 Å². The Morgan fingerprint density at radius 2 is 2.20 bits per heavy atom. The van der Waals surface area contributed by atoms with Crippen molar-refractivity contribution < 1.29 is 13.9 Å². The molecule has 2 aliphatic rings. The van der Waals surface area contributed by atoms with Gasteiger partial charge in [0.1, 0.15) is 11.5 Å². The van der Waals surface area contributed by atoms with E-state index in [0.717, 1.165) is 24.4 Å². The molecule has 0 radical (unpaired) electrons. The van der Waals surface area contributed by atoms with Gasteiger partial charge < -0.3 is 19.4 Å². The lowest BCUT2D eigenvalue weighted by atomic mass is 10.0. The number of rotatable bonds is 5. The van der Waals surface area contributed by atoms with E-state index in [1.807, 2.05) is 31.0 Å². The van der Waals surface area contributed by atoms with E-state index in [1.54, 1.807) is 0 Å². The van der Waals surface area contributed by atoms with Gasteiger partial charge in [-0.2, -0.15) is 0 Å². The van der Waals surface area contributed by atoms with Gasteiger partial charge in [-0.15, -0.1) is 0 Å². The average molecular weight is 278 g/mol. The van der Waals surface area contributed by atoms with Crippen molar-refractivity contribution in [1.29, 1.82) is 0 Å². The number of amides is 1. The van der Waals surface area contributed by atoms with Crippen LogP contribution in [0.4, 0.5) is 0 Å². The highest BCUT2D eigenvalue weighted by Crippen LogP contribution is 2.31. The Hall–Kier alpha value is -1.33. The molecule has 0 bridgehead atoms. The largest absolute Gasteiger partial charge is 0.464 e. The molecule has 0 aromatic carbocycles. The number of carbonyl (C=O) groups is 1. The first-order chi connectivity index (χ1) is 9.69. The van der Waals surface area contributed by atoms with Crippen LogP contribution in [0, 0.1) is 12.8 Å². The van der Waals surface area contributed by atoms with Crippen LogP contribution in [0.1, 0.15) is 24.4 Å². The van der Waals surface area contributed by atoms with Crippen LogP contribution in [0.3, 0.4) is 0 Å². The third-order valence-corrected chi connectivity index (χ3v) is 4.16. The van der Waals surface area contributed by atoms with E-state index in [-0.39, 0.29) is 17.9 Å². The van der Waals surface area contributed by atoms with Crippen molar-refractivity contribution >= 4 is 5.91 Å². The van der Waals surface area contributed by atoms with Gasteiger partial charge in [0.05, 0.1) is 25.7 Å². The maximum Gasteiger partial charge on any atom is 0.230 e. The molecule has 1 aliphatic heterocycles. The summed E-state index contributed by atoms with van der Waals surface area (Å²) in [6.07, 6.45) is 2.20. The molecule has 1 aromatic rings. The zero-order valence-corrected chi connectivity index (χ0v) is 12.1. The molecule has 1 aromatic heterocycles. The van der Waals surface area contributed by atoms with Crippen molar-refractivity contribution in [3.63, 3.8) is 0 Å². The maximum atomic E-state index is 12.8. The number of ether oxygens (including phenoxy) is 1. The number of aryl methyl sites for hydroxylation is 1. The Balaban J connectivity index is 1.71. The molecular formula is C15H22N2O3. The first-order valence-corrected chi connectivity index (χ1v) is 7.30. The SMILES string of the molecule is CNC1COCC1C(=O)N(Cc1ccc(C)o1)C1CC1. The van der Waals surface area contributed by atoms with Gasteiger partial charge >= 0.3 is 0 Å². The van der Waals surface area contributed by atoms with Crippen LogP contribution >= 0.6 is 0 Å². The van der Waals surface area contributed by atoms with Gasteiger partial charge in [-0.05, 0) is 38.9 Å². The lowest BCUT2D eigenvalue weighted by Gasteiger charge is -2.26. The van der Waals surface area contributed by atoms with Crippen molar-refractivity contribution in [3.05, 3.63) is 23.7 Å². The lowest BCUT2D eigenvalue weighted by molar-refractivity contribution is -0.137. The molecular weight excluding hydrogens is 256 g/mol. The molecule has 1 N–H and O–H groups in total. The molecule has 1 amide bonds. The van der Waals surface area contributed by atoms with Crippen molar-refractivity contribution in [2.24, 2.45) is 5.92 Å². The average Bonchev–Trinajstić information content (AvgIpc) is 3.02. The predicted octanol–water partition coefficient (Wildman–Crippen LogP) is 1.31. The molecule has 3 rings (SSSR count). The van der Waals surface area contributed by atoms with Crippen LogP contribution in [-0.2, 0) is 16.1 Å². The smallest absolute Gasteiger partial charge is 0.230 e. The summed E-state index contributed by atoms with van der Waals surface area (Å²) in [7, 11) is 1.89. The zero-order valence-electron chi connectivity index (χ0n) is 12.1. The normalized spacial score (nSPS) is 25.9. The fourth-order valence-electron chi connectivity index (χ4n) is 2.81. The van der Waals surface area contributed by atoms with Crippen LogP contribution in [0.2, 0.25) is 0 Å². The molecule has 2 atom stereocenters. The minimum absolute atomic E-state index is 0.0725. The number of nitrogens with zero attached hydrogens (tertiary/aromatic N) is 1. The maximum absolute atomic E-state index is 12.8. The summed E-state index contributed by atoms with van der Waals surface area (Å²) in [5, 5.41) is 3.18. The number of furan rings is 1. The molecule has 5 nitrogen and oxygen atoms in total. The molecule has 1 saturated heterocycles. The van der Waals surface area contributed by atoms with E-state index in [0.29, 0.717) is 25.8 Å². The summed E-state index contributed by atoms with van der Waals surface area (Å²) in [5.74, 6) is 1.87. The van der Waals surface area contributed by atoms with Crippen LogP contribution in [0.5, 0.6) is 0 Å². The second-order valence-corrected chi connectivity index (χ2v) is 5.75. The Bertz CT molecular complexity index is 481. The number of hydrogen-bond donors (Lipinski definition) is 1. The standard InChI is InChI=1S/C15H22N2O3/c1-10-3-6-12(20-10)7-17(11-4-5-11)15(18)13-8-19-9-14(13)16-2/h3,6,11,13-14,16H,4-5,7-9H2,1-2H3. The molecule has 110 valence electrons. The number of nitrogens with one attached hydrogen (secondary N) is 1. The van der Waals surface area contributed by atoms with Crippen LogP contribution in [0.15, 0.2) is 16.5 Å². The Labute approximate surface area is 119 Å². The van der Waals surface area contributed by atoms with Crippen molar-refractivity contribution in [2.45, 2.75) is 38.4 Å². The van der Waals surface area contributed by atoms with Crippen LogP contribution in [-0.4, -0.2) is 43.2 Å². The number of carbonyl (C=O) groups excluding carboxylic acids is 1. The summed E-state index contributed by atoms with van der Waals surface area (Å²) in [6.45, 7) is 3.63. The number of hydrogen-bond acceptors (Lipinski definition) is 4. The lowest BCUT2D eigenvalue weighted by Crippen LogP contribution is -2.45. The van der Waals surface area contributed by atoms with E-state index in [4.69, 9.17) is 9.15 Å². The minimum atomic E-state index is -0.0725. The highest BCUT2D eigenvalue weighted by Gasteiger charge is 2.41. The predicted molar refractivity (Wildman–Crippen MR) is 74.2 cm³/mol. The first-order valence-electron chi connectivity index (χ1n) is 7.30. The van der Waals surface area contributed by atoms with E-state index < -0.39 is 0 Å². The molecule has 20 heavy (non-hydrogen) atoms. The molecule has 1 saturated carbocycles. The number of likely N-dealkylation sites (N-methyl/N-ethyl adjacent to an activating group) is 1. The van der Waals surface area contributed by atoms with Gasteiger partial charge in [0.25, 0.3) is 0 Å². The fourth-order valence-corrected chi connectivity index (χ4v) is 2.81. The monoisotopic (exact) mass is 278 g/mol. The van der Waals surface area contributed by atoms with Crippen molar-refractivity contribution in [2.75, 3.05) is 20.3 Å². The minimum Gasteiger partial charge on any atom is -0.464 e. The van der Waals surface area contributed by atoms with Crippen molar-refractivity contribution in [3.8, 4) is 0 Å². The third kappa shape index (κ3) is 2.74. The fraction of sp³-hybridized carbons (Fsp3) is 0.667. The summed E-state index contributed by atoms with van der Waals surface area (Å²) < 4.78 is 11.1. The van der Waals surface area contributed by atoms with E-state index in [1.165, 1.54) is 0 Å². The van der Waals surface area contributed by atoms with Gasteiger partial charge in [0, 0.05) is 12.1 Å². The summed E-state index contributed by atoms with van der Waals surface area (Å²) in [5.41, 5.74) is 0. The summed E-state index contributed by atoms with van der Waals surface area (Å²) in [4.78, 5) is 14.7. The third-order valence-electron chi connectivity index (χ3n) is 4.16. The molecule has 2 heterocycles. The Morgan fingerprint density at radius 1 is 1.40 bits per heavy atom. The van der Waals surface area contributed by atoms with Gasteiger partial charge in [-0.3, -0.25) is 4.79 Å². The topological polar surface area (TPSA) is 54.7 Å². The molecule has 1 aliphatic carbocycles. The van der Waals surface area contributed by atoms with Gasteiger partial charge in [0.15, 0.2) is 0 Å².